The Kier molecular flexibility index (Phi) is 32.8. The van der Waals surface area contributed by atoms with E-state index in [1.807, 2.05) is 53.2 Å². The molecule has 4 aliphatic rings. The number of rotatable bonds is 42. The number of hydrogen-bond acceptors (Lipinski definition) is 22. The molecule has 3 aromatic rings. The molecule has 1 aliphatic carbocycles. The minimum absolute atomic E-state index is 0.0133. The van der Waals surface area contributed by atoms with Gasteiger partial charge in [0.1, 0.15) is 60.6 Å². The predicted octanol–water partition coefficient (Wildman–Crippen LogP) is 2.80. The molecule has 1 saturated carbocycles. The van der Waals surface area contributed by atoms with Crippen molar-refractivity contribution in [1.29, 1.82) is 0 Å². The molecule has 0 radical (unpaired) electrons. The van der Waals surface area contributed by atoms with Crippen LogP contribution in [0.4, 0.5) is 5.69 Å². The number of ether oxygens (including phenoxy) is 4. The molecular formula is C65H101N8O21P. The number of amides is 5. The van der Waals surface area contributed by atoms with E-state index >= 15 is 0 Å². The third kappa shape index (κ3) is 24.2. The van der Waals surface area contributed by atoms with Crippen molar-refractivity contribution >= 4 is 43.0 Å². The molecule has 13 N–H and O–H groups in total. The van der Waals surface area contributed by atoms with Crippen LogP contribution in [0.5, 0.6) is 0 Å². The summed E-state index contributed by atoms with van der Waals surface area (Å²) in [6.45, 7) is 1.05. The number of anilines is 1. The topological polar surface area (TPSA) is 422 Å². The van der Waals surface area contributed by atoms with Crippen molar-refractivity contribution in [3.05, 3.63) is 54.1 Å². The normalized spacial score (nSPS) is 23.7. The smallest absolute Gasteiger partial charge is 0.394 e. The van der Waals surface area contributed by atoms with Crippen molar-refractivity contribution in [3.63, 3.8) is 0 Å². The lowest BCUT2D eigenvalue weighted by molar-refractivity contribution is -0.301. The Balaban J connectivity index is 0.852. The summed E-state index contributed by atoms with van der Waals surface area (Å²) >= 11 is 0. The number of carbonyl (C=O) groups excluding carboxylic acids is 5. The molecule has 95 heavy (non-hydrogen) atoms. The van der Waals surface area contributed by atoms with E-state index in [0.29, 0.717) is 114 Å². The number of aromatic nitrogens is 3. The number of aliphatic hydroxyl groups excluding tert-OH is 8. The van der Waals surface area contributed by atoms with E-state index in [1.165, 1.54) is 0 Å². The number of benzene rings is 2. The highest BCUT2D eigenvalue weighted by Crippen LogP contribution is 2.47. The third-order valence-corrected chi connectivity index (χ3v) is 18.6. The summed E-state index contributed by atoms with van der Waals surface area (Å²) in [6.07, 6.45) is -0.767. The molecule has 4 heterocycles. The highest BCUT2D eigenvalue weighted by atomic mass is 31.2. The molecule has 3 fully saturated rings. The molecule has 30 heteroatoms. The number of phosphoric ester groups is 1. The van der Waals surface area contributed by atoms with Crippen LogP contribution in [0.1, 0.15) is 160 Å². The molecule has 12 atom stereocenters. The second-order valence-electron chi connectivity index (χ2n) is 24.8. The van der Waals surface area contributed by atoms with Crippen molar-refractivity contribution in [2.24, 2.45) is 0 Å². The molecule has 2 saturated heterocycles. The fraction of sp³-hybridized carbons (Fsp3) is 0.708. The third-order valence-electron chi connectivity index (χ3n) is 17.5. The summed E-state index contributed by atoms with van der Waals surface area (Å²) < 4.78 is 46.4. The second kappa shape index (κ2) is 40.4. The summed E-state index contributed by atoms with van der Waals surface area (Å²) in [5.74, 6) is -1.59. The molecule has 8 unspecified atom stereocenters. The van der Waals surface area contributed by atoms with E-state index in [-0.39, 0.29) is 94.7 Å². The van der Waals surface area contributed by atoms with Gasteiger partial charge in [0.2, 0.25) is 29.5 Å². The van der Waals surface area contributed by atoms with Crippen molar-refractivity contribution in [2.75, 3.05) is 57.6 Å². The lowest BCUT2D eigenvalue weighted by atomic mass is 9.95. The van der Waals surface area contributed by atoms with Gasteiger partial charge in [-0.2, -0.15) is 0 Å². The number of nitrogens with zero attached hydrogens (tertiary/aromatic N) is 4. The number of aryl methyl sites for hydroxylation is 1. The standard InChI is InChI=1S/C65H101N8O21P/c74-41-49-57(80)59(82)61(84)64(92-49)89-37-19-4-1-15-33-66-51(76)30-29-47(63(86)68-35-17-2-5-20-38-90-65-62(85)60(83)58(81)50(42-75)93-65)69-53(78)28-8-7-18-36-73-56-46-26-13-14-27-48(46)72(40-43-22-9-12-25-45(43)55(56)70-71-73)54(79)32-31-52(77)67-34-16-3-6-21-39-91-95(87,88)94-44-23-10-11-24-44/h9,12-14,22,25-27,44,47,49-50,57-62,64-65,74-75,80-85H,1-8,10-11,15-21,23-24,28-42H2,(H,66,76)(H,67,77)(H,68,86)(H,69,78)(H,87,88)/t47?,49-,50-,57?,58?,59?,60?,61?,62?,64+,65+/m1/s1. The largest absolute Gasteiger partial charge is 0.472 e. The van der Waals surface area contributed by atoms with Crippen LogP contribution in [0.3, 0.4) is 0 Å². The quantitative estimate of drug-likeness (QED) is 0.0286. The predicted molar refractivity (Wildman–Crippen MR) is 344 cm³/mol. The number of unbranched alkanes of at least 4 members (excludes halogenated alkanes) is 11. The van der Waals surface area contributed by atoms with Gasteiger partial charge in [0.15, 0.2) is 12.6 Å². The Labute approximate surface area is 554 Å². The zero-order chi connectivity index (χ0) is 68.1. The Bertz CT molecular complexity index is 2880. The minimum Gasteiger partial charge on any atom is -0.394 e. The molecule has 29 nitrogen and oxygen atoms in total. The average Bonchev–Trinajstić information content (AvgIpc) is 1.71. The Morgan fingerprint density at radius 3 is 1.74 bits per heavy atom. The van der Waals surface area contributed by atoms with Crippen molar-refractivity contribution < 1.29 is 102 Å². The lowest BCUT2D eigenvalue weighted by Gasteiger charge is -2.39. The van der Waals surface area contributed by atoms with Gasteiger partial charge >= 0.3 is 7.82 Å². The van der Waals surface area contributed by atoms with Crippen LogP contribution in [0.25, 0.3) is 22.5 Å². The molecule has 0 bridgehead atoms. The van der Waals surface area contributed by atoms with Gasteiger partial charge in [-0.05, 0) is 82.3 Å². The lowest BCUT2D eigenvalue weighted by Crippen LogP contribution is -2.59. The van der Waals surface area contributed by atoms with Crippen LogP contribution < -0.4 is 26.2 Å². The Morgan fingerprint density at radius 2 is 1.13 bits per heavy atom. The number of hydrogen-bond donors (Lipinski definition) is 13. The van der Waals surface area contributed by atoms with Gasteiger partial charge in [0, 0.05) is 76.2 Å². The van der Waals surface area contributed by atoms with Crippen LogP contribution in [0.2, 0.25) is 0 Å². The molecule has 532 valence electrons. The monoisotopic (exact) mass is 1360 g/mol. The van der Waals surface area contributed by atoms with Gasteiger partial charge in [-0.25, -0.2) is 9.25 Å². The Hall–Kier alpha value is -5.44. The summed E-state index contributed by atoms with van der Waals surface area (Å²) in [4.78, 5) is 79.3. The van der Waals surface area contributed by atoms with Gasteiger partial charge < -0.3 is 90.9 Å². The van der Waals surface area contributed by atoms with Crippen molar-refractivity contribution in [2.45, 2.75) is 241 Å². The fourth-order valence-corrected chi connectivity index (χ4v) is 13.0. The highest BCUT2D eigenvalue weighted by Gasteiger charge is 2.45. The van der Waals surface area contributed by atoms with E-state index in [4.69, 9.17) is 28.0 Å². The number of phosphoric acid groups is 1. The Morgan fingerprint density at radius 1 is 0.589 bits per heavy atom. The number of para-hydroxylation sites is 1. The maximum absolute atomic E-state index is 14.2. The van der Waals surface area contributed by atoms with E-state index in [0.717, 1.165) is 61.6 Å². The van der Waals surface area contributed by atoms with E-state index in [2.05, 4.69) is 31.6 Å². The zero-order valence-corrected chi connectivity index (χ0v) is 55.1. The second-order valence-corrected chi connectivity index (χ2v) is 26.2. The first kappa shape index (κ1) is 76.9. The van der Waals surface area contributed by atoms with Gasteiger partial charge in [-0.15, -0.1) is 5.10 Å². The van der Waals surface area contributed by atoms with Crippen LogP contribution in [-0.2, 0) is 69.6 Å². The number of carbonyl (C=O) groups is 5. The molecule has 5 amide bonds. The van der Waals surface area contributed by atoms with E-state index in [1.54, 1.807) is 4.90 Å². The fourth-order valence-electron chi connectivity index (χ4n) is 12.0. The minimum atomic E-state index is -4.08. The average molecular weight is 1360 g/mol. The molecule has 0 spiro atoms. The SMILES string of the molecule is O=C(CCC(=O)N1Cc2ccccc2-c2nnn(CCCCCC(=O)NC(CCC(=O)NCCCCCCO[C@H]3O[C@H](CO)C(O)C(O)C3O)C(=O)NCCCCCCO[C@H]3O[C@H](CO)C(O)C(O)C3O)c2-c2ccccc21)NCCCCCCOP(=O)(O)OC1CCCC1. The molecular weight excluding hydrogens is 1260 g/mol. The van der Waals surface area contributed by atoms with E-state index < -0.39 is 94.4 Å². The summed E-state index contributed by atoms with van der Waals surface area (Å²) in [7, 11) is -4.08. The maximum Gasteiger partial charge on any atom is 0.472 e. The summed E-state index contributed by atoms with van der Waals surface area (Å²) in [5, 5.41) is 100. The van der Waals surface area contributed by atoms with Crippen LogP contribution >= 0.6 is 7.82 Å². The molecule has 3 aliphatic heterocycles. The number of fused-ring (bicyclic) bond motifs is 5. The van der Waals surface area contributed by atoms with Crippen LogP contribution in [0, 0.1) is 0 Å². The molecule has 2 aromatic carbocycles. The van der Waals surface area contributed by atoms with Crippen LogP contribution in [-0.4, -0.2) is 217 Å². The zero-order valence-electron chi connectivity index (χ0n) is 54.2. The molecule has 1 aromatic heterocycles. The first-order valence-corrected chi connectivity index (χ1v) is 35.4. The number of aliphatic hydroxyl groups is 8. The van der Waals surface area contributed by atoms with Crippen molar-refractivity contribution in [1.82, 2.24) is 36.3 Å². The molecule has 7 rings (SSSR count). The first-order valence-electron chi connectivity index (χ1n) is 33.9. The highest BCUT2D eigenvalue weighted by molar-refractivity contribution is 7.47. The van der Waals surface area contributed by atoms with Crippen LogP contribution in [0.15, 0.2) is 48.5 Å². The summed E-state index contributed by atoms with van der Waals surface area (Å²) in [5.41, 5.74) is 4.41. The van der Waals surface area contributed by atoms with Crippen molar-refractivity contribution in [3.8, 4) is 22.5 Å². The maximum atomic E-state index is 14.2. The van der Waals surface area contributed by atoms with E-state index in [9.17, 15) is 74.3 Å². The summed E-state index contributed by atoms with van der Waals surface area (Å²) in [6, 6.07) is 14.2. The number of nitrogens with one attached hydrogen (secondary N) is 4. The van der Waals surface area contributed by atoms with Gasteiger partial charge in [0.25, 0.3) is 0 Å². The van der Waals surface area contributed by atoms with Gasteiger partial charge in [0.05, 0.1) is 43.9 Å². The van der Waals surface area contributed by atoms with Gasteiger partial charge in [-0.3, -0.25) is 33.0 Å². The van der Waals surface area contributed by atoms with Gasteiger partial charge in [-0.1, -0.05) is 105 Å². The first-order chi connectivity index (χ1) is 45.9.